The number of hydrogen-bond donors (Lipinski definition) is 0. The van der Waals surface area contributed by atoms with Gasteiger partial charge in [0.15, 0.2) is 0 Å². The van der Waals surface area contributed by atoms with Gasteiger partial charge in [0, 0.05) is 0 Å². The smallest absolute Gasteiger partial charge is 0.0269 e. The highest BCUT2D eigenvalue weighted by Crippen LogP contribution is 2.54. The quantitative estimate of drug-likeness (QED) is 0.591. The van der Waals surface area contributed by atoms with Crippen molar-refractivity contribution in [1.82, 2.24) is 0 Å². The molecule has 0 N–H and O–H groups in total. The van der Waals surface area contributed by atoms with Crippen LogP contribution < -0.4 is 0 Å². The predicted octanol–water partition coefficient (Wildman–Crippen LogP) is 4.39. The second-order valence-corrected chi connectivity index (χ2v) is 5.44. The summed E-state index contributed by atoms with van der Waals surface area (Å²) in [6.45, 7) is 4.92. The zero-order chi connectivity index (χ0) is 9.31. The van der Waals surface area contributed by atoms with Crippen LogP contribution in [0.5, 0.6) is 0 Å². The van der Waals surface area contributed by atoms with Gasteiger partial charge in [-0.3, -0.25) is 0 Å². The summed E-state index contributed by atoms with van der Waals surface area (Å²) in [5.74, 6) is 2.11. The van der Waals surface area contributed by atoms with E-state index in [-0.39, 0.29) is 0 Å². The Hall–Kier alpha value is 0. The predicted molar refractivity (Wildman–Crippen MR) is 57.7 cm³/mol. The Morgan fingerprint density at radius 3 is 2.23 bits per heavy atom. The van der Waals surface area contributed by atoms with E-state index in [4.69, 9.17) is 0 Å². The van der Waals surface area contributed by atoms with E-state index in [0.29, 0.717) is 0 Å². The summed E-state index contributed by atoms with van der Waals surface area (Å²) in [5.41, 5.74) is 0.788. The summed E-state index contributed by atoms with van der Waals surface area (Å²) in [6, 6.07) is 0. The molecule has 0 heteroatoms. The molecule has 2 rings (SSSR count). The summed E-state index contributed by atoms with van der Waals surface area (Å²) in [7, 11) is 0. The van der Waals surface area contributed by atoms with Gasteiger partial charge in [-0.25, -0.2) is 0 Å². The first-order chi connectivity index (χ1) is 6.28. The molecular weight excluding hydrogens is 156 g/mol. The zero-order valence-corrected chi connectivity index (χ0v) is 9.31. The Labute approximate surface area is 83.1 Å². The lowest BCUT2D eigenvalue weighted by Gasteiger charge is -2.37. The van der Waals surface area contributed by atoms with Gasteiger partial charge in [0.2, 0.25) is 0 Å². The van der Waals surface area contributed by atoms with Gasteiger partial charge < -0.3 is 0 Å². The molecule has 2 aliphatic rings. The van der Waals surface area contributed by atoms with Crippen molar-refractivity contribution in [3.8, 4) is 0 Å². The Morgan fingerprint density at radius 1 is 1.08 bits per heavy atom. The lowest BCUT2D eigenvalue weighted by Crippen LogP contribution is -2.28. The fraction of sp³-hybridized carbons (Fsp3) is 1.00. The minimum atomic E-state index is 0.788. The topological polar surface area (TPSA) is 0 Å². The standard InChI is InChI=1S/C13H24/c1-3-13(9-4-5-10-13)12-8-6-7-11(12)2/h11-12H,3-10H2,1-2H3. The van der Waals surface area contributed by atoms with E-state index in [1.807, 2.05) is 0 Å². The molecule has 2 unspecified atom stereocenters. The largest absolute Gasteiger partial charge is 0.0648 e. The minimum absolute atomic E-state index is 0.788. The lowest BCUT2D eigenvalue weighted by atomic mass is 9.68. The first kappa shape index (κ1) is 9.55. The third kappa shape index (κ3) is 1.53. The third-order valence-corrected chi connectivity index (χ3v) is 4.95. The highest BCUT2D eigenvalue weighted by Gasteiger charge is 2.43. The zero-order valence-electron chi connectivity index (χ0n) is 9.31. The van der Waals surface area contributed by atoms with Crippen LogP contribution in [0.3, 0.4) is 0 Å². The molecule has 0 radical (unpaired) electrons. The molecule has 13 heavy (non-hydrogen) atoms. The summed E-state index contributed by atoms with van der Waals surface area (Å²) in [5, 5.41) is 0. The minimum Gasteiger partial charge on any atom is -0.0648 e. The molecule has 0 aliphatic heterocycles. The van der Waals surface area contributed by atoms with E-state index in [9.17, 15) is 0 Å². The van der Waals surface area contributed by atoms with Gasteiger partial charge in [0.1, 0.15) is 0 Å². The first-order valence-corrected chi connectivity index (χ1v) is 6.28. The highest BCUT2D eigenvalue weighted by atomic mass is 14.5. The van der Waals surface area contributed by atoms with Gasteiger partial charge >= 0.3 is 0 Å². The molecule has 2 saturated carbocycles. The van der Waals surface area contributed by atoms with Crippen molar-refractivity contribution in [3.05, 3.63) is 0 Å². The monoisotopic (exact) mass is 180 g/mol. The van der Waals surface area contributed by atoms with Gasteiger partial charge in [-0.2, -0.15) is 0 Å². The molecule has 0 amide bonds. The molecule has 0 saturated heterocycles. The van der Waals surface area contributed by atoms with Crippen molar-refractivity contribution in [2.75, 3.05) is 0 Å². The molecule has 0 aromatic rings. The van der Waals surface area contributed by atoms with Crippen LogP contribution in [0, 0.1) is 17.3 Å². The van der Waals surface area contributed by atoms with Crippen LogP contribution in [-0.2, 0) is 0 Å². The van der Waals surface area contributed by atoms with Gasteiger partial charge in [-0.15, -0.1) is 0 Å². The van der Waals surface area contributed by atoms with Crippen LogP contribution >= 0.6 is 0 Å². The van der Waals surface area contributed by atoms with E-state index in [2.05, 4.69) is 13.8 Å². The molecule has 2 fully saturated rings. The van der Waals surface area contributed by atoms with E-state index in [1.54, 1.807) is 12.8 Å². The second kappa shape index (κ2) is 3.63. The van der Waals surface area contributed by atoms with E-state index in [0.717, 1.165) is 17.3 Å². The summed E-state index contributed by atoms with van der Waals surface area (Å²) in [4.78, 5) is 0. The van der Waals surface area contributed by atoms with Gasteiger partial charge in [0.05, 0.1) is 0 Å². The molecule has 0 aromatic heterocycles. The molecule has 2 atom stereocenters. The molecule has 0 nitrogen and oxygen atoms in total. The first-order valence-electron chi connectivity index (χ1n) is 6.28. The van der Waals surface area contributed by atoms with Gasteiger partial charge in [-0.1, -0.05) is 46.0 Å². The molecule has 2 aliphatic carbocycles. The Kier molecular flexibility index (Phi) is 2.67. The van der Waals surface area contributed by atoms with Crippen LogP contribution in [-0.4, -0.2) is 0 Å². The molecule has 0 aromatic carbocycles. The maximum absolute atomic E-state index is 2.49. The van der Waals surface area contributed by atoms with Gasteiger partial charge in [-0.05, 0) is 36.5 Å². The van der Waals surface area contributed by atoms with Crippen molar-refractivity contribution in [1.29, 1.82) is 0 Å². The summed E-state index contributed by atoms with van der Waals surface area (Å²) in [6.07, 6.45) is 12.1. The maximum atomic E-state index is 2.49. The molecule has 76 valence electrons. The lowest BCUT2D eigenvalue weighted by molar-refractivity contribution is 0.126. The van der Waals surface area contributed by atoms with Crippen LogP contribution in [0.2, 0.25) is 0 Å². The van der Waals surface area contributed by atoms with E-state index in [1.165, 1.54) is 38.5 Å². The highest BCUT2D eigenvalue weighted by molar-refractivity contribution is 4.94. The van der Waals surface area contributed by atoms with Crippen molar-refractivity contribution < 1.29 is 0 Å². The number of hydrogen-bond acceptors (Lipinski definition) is 0. The molecule has 0 heterocycles. The Balaban J connectivity index is 2.10. The Morgan fingerprint density at radius 2 is 1.77 bits per heavy atom. The third-order valence-electron chi connectivity index (χ3n) is 4.95. The van der Waals surface area contributed by atoms with Gasteiger partial charge in [0.25, 0.3) is 0 Å². The fourth-order valence-corrected chi connectivity index (χ4v) is 4.12. The maximum Gasteiger partial charge on any atom is -0.0269 e. The van der Waals surface area contributed by atoms with Crippen molar-refractivity contribution in [2.45, 2.75) is 65.2 Å². The Bertz CT molecular complexity index is 165. The fourth-order valence-electron chi connectivity index (χ4n) is 4.12. The normalized spacial score (nSPS) is 38.3. The average molecular weight is 180 g/mol. The van der Waals surface area contributed by atoms with Crippen LogP contribution in [0.4, 0.5) is 0 Å². The number of rotatable bonds is 2. The molecule has 0 bridgehead atoms. The van der Waals surface area contributed by atoms with Crippen molar-refractivity contribution >= 4 is 0 Å². The summed E-state index contributed by atoms with van der Waals surface area (Å²) >= 11 is 0. The second-order valence-electron chi connectivity index (χ2n) is 5.44. The van der Waals surface area contributed by atoms with Crippen LogP contribution in [0.1, 0.15) is 65.2 Å². The van der Waals surface area contributed by atoms with Crippen LogP contribution in [0.25, 0.3) is 0 Å². The van der Waals surface area contributed by atoms with Crippen molar-refractivity contribution in [2.24, 2.45) is 17.3 Å². The average Bonchev–Trinajstić information content (AvgIpc) is 2.73. The SMILES string of the molecule is CCC1(C2CCCC2C)CCCC1. The van der Waals surface area contributed by atoms with E-state index < -0.39 is 0 Å². The molecule has 0 spiro atoms. The van der Waals surface area contributed by atoms with Crippen LogP contribution in [0.15, 0.2) is 0 Å². The van der Waals surface area contributed by atoms with Crippen molar-refractivity contribution in [3.63, 3.8) is 0 Å². The summed E-state index contributed by atoms with van der Waals surface area (Å²) < 4.78 is 0. The van der Waals surface area contributed by atoms with E-state index >= 15 is 0 Å². The molecular formula is C13H24.